The molecule has 6 heteroatoms. The number of carbonyl (C=O) groups excluding carboxylic acids is 1. The molecular weight excluding hydrogens is 568 g/mol. The van der Waals surface area contributed by atoms with Crippen LogP contribution >= 0.6 is 0 Å². The summed E-state index contributed by atoms with van der Waals surface area (Å²) >= 11 is 0. The topological polar surface area (TPSA) is 77.9 Å². The third kappa shape index (κ3) is 12.1. The molecule has 0 fully saturated rings. The second kappa shape index (κ2) is 20.2. The van der Waals surface area contributed by atoms with Gasteiger partial charge in [-0.05, 0) is 73.2 Å². The minimum atomic E-state index is -0.410. The Kier molecular flexibility index (Phi) is 15.4. The van der Waals surface area contributed by atoms with Gasteiger partial charge in [0.1, 0.15) is 5.75 Å². The minimum absolute atomic E-state index is 0.410. The van der Waals surface area contributed by atoms with E-state index >= 15 is 0 Å². The summed E-state index contributed by atoms with van der Waals surface area (Å²) in [5.41, 5.74) is 4.57. The number of unbranched alkanes of at least 4 members (excludes halogenated alkanes) is 13. The number of benzene rings is 2. The predicted molar refractivity (Wildman–Crippen MR) is 188 cm³/mol. The Morgan fingerprint density at radius 1 is 0.500 bits per heavy atom. The fourth-order valence-corrected chi connectivity index (χ4v) is 5.61. The van der Waals surface area contributed by atoms with Gasteiger partial charge in [-0.3, -0.25) is 0 Å². The van der Waals surface area contributed by atoms with Crippen molar-refractivity contribution in [1.82, 2.24) is 19.9 Å². The molecule has 244 valence electrons. The van der Waals surface area contributed by atoms with E-state index in [9.17, 15) is 4.79 Å². The molecule has 0 unspecified atom stereocenters. The van der Waals surface area contributed by atoms with Crippen LogP contribution in [0.1, 0.15) is 132 Å². The number of hydrogen-bond donors (Lipinski definition) is 0. The SMILES string of the molecule is CCCCCCCCCCc1cnc(-c2ccc(C(=O)Oc3ccc(-c4ncc(CCCCCCCCC)cn4)cc3)cc2)nc1. The van der Waals surface area contributed by atoms with Crippen molar-refractivity contribution in [1.29, 1.82) is 0 Å². The molecule has 0 atom stereocenters. The Hall–Kier alpha value is -3.93. The van der Waals surface area contributed by atoms with Crippen LogP contribution in [-0.4, -0.2) is 25.9 Å². The van der Waals surface area contributed by atoms with Crippen LogP contribution in [0.4, 0.5) is 0 Å². The molecule has 4 aromatic rings. The highest BCUT2D eigenvalue weighted by atomic mass is 16.5. The number of ether oxygens (including phenoxy) is 1. The highest BCUT2D eigenvalue weighted by Crippen LogP contribution is 2.22. The van der Waals surface area contributed by atoms with Gasteiger partial charge in [0.25, 0.3) is 0 Å². The summed E-state index contributed by atoms with van der Waals surface area (Å²) in [6.45, 7) is 4.51. The molecule has 6 nitrogen and oxygen atoms in total. The van der Waals surface area contributed by atoms with Gasteiger partial charge in [0.2, 0.25) is 0 Å². The third-order valence-electron chi connectivity index (χ3n) is 8.50. The maximum atomic E-state index is 12.8. The first-order valence-electron chi connectivity index (χ1n) is 17.7. The van der Waals surface area contributed by atoms with Crippen molar-refractivity contribution < 1.29 is 9.53 Å². The summed E-state index contributed by atoms with van der Waals surface area (Å²) in [4.78, 5) is 31.1. The van der Waals surface area contributed by atoms with Gasteiger partial charge in [0.05, 0.1) is 5.56 Å². The first-order valence-corrected chi connectivity index (χ1v) is 17.7. The Bertz CT molecular complexity index is 1400. The zero-order valence-electron chi connectivity index (χ0n) is 28.1. The zero-order valence-corrected chi connectivity index (χ0v) is 28.1. The van der Waals surface area contributed by atoms with Gasteiger partial charge in [0, 0.05) is 35.9 Å². The van der Waals surface area contributed by atoms with Crippen LogP contribution in [0.25, 0.3) is 22.8 Å². The van der Waals surface area contributed by atoms with Gasteiger partial charge in [-0.2, -0.15) is 0 Å². The molecule has 0 saturated carbocycles. The lowest BCUT2D eigenvalue weighted by Gasteiger charge is -2.07. The van der Waals surface area contributed by atoms with Crippen LogP contribution in [0.2, 0.25) is 0 Å². The van der Waals surface area contributed by atoms with Crippen molar-refractivity contribution in [2.75, 3.05) is 0 Å². The number of carbonyl (C=O) groups is 1. The van der Waals surface area contributed by atoms with Gasteiger partial charge < -0.3 is 4.74 Å². The largest absolute Gasteiger partial charge is 0.423 e. The molecule has 0 aliphatic carbocycles. The molecule has 0 aliphatic rings. The summed E-state index contributed by atoms with van der Waals surface area (Å²) in [5.74, 6) is 1.39. The number of nitrogens with zero attached hydrogens (tertiary/aromatic N) is 4. The van der Waals surface area contributed by atoms with Crippen LogP contribution in [0.5, 0.6) is 5.75 Å². The number of aryl methyl sites for hydroxylation is 2. The predicted octanol–water partition coefficient (Wildman–Crippen LogP) is 10.8. The van der Waals surface area contributed by atoms with E-state index in [0.29, 0.717) is 23.0 Å². The van der Waals surface area contributed by atoms with Crippen LogP contribution in [-0.2, 0) is 12.8 Å². The van der Waals surface area contributed by atoms with Crippen molar-refractivity contribution in [3.05, 3.63) is 90.0 Å². The summed E-state index contributed by atoms with van der Waals surface area (Å²) in [5, 5.41) is 0. The molecule has 0 aliphatic heterocycles. The fraction of sp³-hybridized carbons (Fsp3) is 0.475. The van der Waals surface area contributed by atoms with Gasteiger partial charge in [-0.15, -0.1) is 0 Å². The lowest BCUT2D eigenvalue weighted by Crippen LogP contribution is -2.08. The van der Waals surface area contributed by atoms with Crippen molar-refractivity contribution in [2.45, 2.75) is 123 Å². The fourth-order valence-electron chi connectivity index (χ4n) is 5.61. The Balaban J connectivity index is 1.19. The van der Waals surface area contributed by atoms with Crippen molar-refractivity contribution in [3.63, 3.8) is 0 Å². The quantitative estimate of drug-likeness (QED) is 0.0524. The third-order valence-corrected chi connectivity index (χ3v) is 8.50. The first kappa shape index (κ1) is 34.9. The standard InChI is InChI=1S/C40H52N4O2/c1-3-5-7-9-11-13-15-17-19-32-28-41-38(42-29-32)34-20-22-36(23-21-34)40(45)46-37-26-24-35(25-27-37)39-43-30-33(31-44-39)18-16-14-12-10-8-6-4-2/h20-31H,3-19H2,1-2H3. The normalized spacial score (nSPS) is 11.1. The average molecular weight is 621 g/mol. The van der Waals surface area contributed by atoms with E-state index in [4.69, 9.17) is 4.74 Å². The van der Waals surface area contributed by atoms with E-state index in [1.165, 1.54) is 107 Å². The maximum Gasteiger partial charge on any atom is 0.343 e. The van der Waals surface area contributed by atoms with Crippen molar-refractivity contribution in [3.8, 4) is 28.5 Å². The van der Waals surface area contributed by atoms with Crippen LogP contribution in [0.15, 0.2) is 73.3 Å². The second-order valence-electron chi connectivity index (χ2n) is 12.4. The number of esters is 1. The van der Waals surface area contributed by atoms with Gasteiger partial charge in [0.15, 0.2) is 11.6 Å². The molecule has 0 amide bonds. The molecule has 2 heterocycles. The van der Waals surface area contributed by atoms with Gasteiger partial charge in [-0.1, -0.05) is 109 Å². The molecule has 0 N–H and O–H groups in total. The summed E-state index contributed by atoms with van der Waals surface area (Å²) in [7, 11) is 0. The van der Waals surface area contributed by atoms with Crippen LogP contribution in [0.3, 0.4) is 0 Å². The summed E-state index contributed by atoms with van der Waals surface area (Å²) in [6.07, 6.45) is 29.3. The van der Waals surface area contributed by atoms with Gasteiger partial charge >= 0.3 is 5.97 Å². The zero-order chi connectivity index (χ0) is 32.2. The molecule has 0 radical (unpaired) electrons. The Morgan fingerprint density at radius 2 is 0.870 bits per heavy atom. The minimum Gasteiger partial charge on any atom is -0.423 e. The lowest BCUT2D eigenvalue weighted by atomic mass is 10.1. The molecule has 2 aromatic heterocycles. The van der Waals surface area contributed by atoms with E-state index in [1.54, 1.807) is 24.3 Å². The number of aromatic nitrogens is 4. The van der Waals surface area contributed by atoms with Crippen LogP contribution < -0.4 is 4.74 Å². The maximum absolute atomic E-state index is 12.8. The molecule has 0 spiro atoms. The number of hydrogen-bond acceptors (Lipinski definition) is 6. The molecule has 0 saturated heterocycles. The average Bonchev–Trinajstić information content (AvgIpc) is 3.10. The van der Waals surface area contributed by atoms with Crippen molar-refractivity contribution in [2.24, 2.45) is 0 Å². The molecule has 2 aromatic carbocycles. The van der Waals surface area contributed by atoms with E-state index in [1.807, 2.05) is 49.1 Å². The number of rotatable bonds is 21. The molecule has 4 rings (SSSR count). The van der Waals surface area contributed by atoms with E-state index in [0.717, 1.165) is 24.0 Å². The second-order valence-corrected chi connectivity index (χ2v) is 12.4. The highest BCUT2D eigenvalue weighted by molar-refractivity contribution is 5.91. The summed E-state index contributed by atoms with van der Waals surface area (Å²) in [6, 6.07) is 14.6. The molecule has 46 heavy (non-hydrogen) atoms. The Labute approximate surface area is 276 Å². The Morgan fingerprint density at radius 3 is 1.28 bits per heavy atom. The first-order chi connectivity index (χ1) is 22.7. The lowest BCUT2D eigenvalue weighted by molar-refractivity contribution is 0.0735. The molecular formula is C40H52N4O2. The van der Waals surface area contributed by atoms with Gasteiger partial charge in [-0.25, -0.2) is 24.7 Å². The van der Waals surface area contributed by atoms with Crippen LogP contribution in [0, 0.1) is 0 Å². The van der Waals surface area contributed by atoms with Crippen molar-refractivity contribution >= 4 is 5.97 Å². The monoisotopic (exact) mass is 620 g/mol. The summed E-state index contributed by atoms with van der Waals surface area (Å²) < 4.78 is 5.63. The smallest absolute Gasteiger partial charge is 0.343 e. The van der Waals surface area contributed by atoms with E-state index < -0.39 is 5.97 Å². The molecule has 0 bridgehead atoms. The highest BCUT2D eigenvalue weighted by Gasteiger charge is 2.11. The van der Waals surface area contributed by atoms with E-state index in [2.05, 4.69) is 33.8 Å². The van der Waals surface area contributed by atoms with E-state index in [-0.39, 0.29) is 0 Å².